The molecule has 0 spiro atoms. The van der Waals surface area contributed by atoms with Crippen LogP contribution in [0.15, 0.2) is 12.1 Å². The molecule has 1 aromatic rings. The molecule has 0 bridgehead atoms. The van der Waals surface area contributed by atoms with Gasteiger partial charge >= 0.3 is 0 Å². The molecule has 5 heteroatoms. The molecular weight excluding hydrogens is 290 g/mol. The Morgan fingerprint density at radius 1 is 1.19 bits per heavy atom. The molecule has 0 unspecified atom stereocenters. The molecule has 0 amide bonds. The van der Waals surface area contributed by atoms with Crippen LogP contribution in [0.5, 0.6) is 11.5 Å². The Morgan fingerprint density at radius 3 is 2.62 bits per heavy atom. The molecule has 1 aliphatic carbocycles. The summed E-state index contributed by atoms with van der Waals surface area (Å²) in [7, 11) is 3.35. The second-order valence-electron chi connectivity index (χ2n) is 5.30. The van der Waals surface area contributed by atoms with Gasteiger partial charge in [-0.2, -0.15) is 0 Å². The van der Waals surface area contributed by atoms with Gasteiger partial charge in [-0.1, -0.05) is 11.6 Å². The number of nitrogens with one attached hydrogen (secondary N) is 1. The lowest BCUT2D eigenvalue weighted by molar-refractivity contribution is 0.183. The van der Waals surface area contributed by atoms with Gasteiger partial charge in [-0.3, -0.25) is 0 Å². The van der Waals surface area contributed by atoms with Gasteiger partial charge in [0.25, 0.3) is 0 Å². The molecule has 0 saturated heterocycles. The van der Waals surface area contributed by atoms with E-state index in [4.69, 9.17) is 25.8 Å². The Bertz CT molecular complexity index is 449. The van der Waals surface area contributed by atoms with Gasteiger partial charge in [0.1, 0.15) is 0 Å². The molecule has 1 fully saturated rings. The summed E-state index contributed by atoms with van der Waals surface area (Å²) in [5.74, 6) is 1.49. The van der Waals surface area contributed by atoms with Crippen LogP contribution >= 0.6 is 11.6 Å². The quantitative estimate of drug-likeness (QED) is 0.672. The summed E-state index contributed by atoms with van der Waals surface area (Å²) in [5.41, 5.74) is 1.05. The van der Waals surface area contributed by atoms with Gasteiger partial charge in [0.05, 0.1) is 13.7 Å². The maximum Gasteiger partial charge on any atom is 0.165 e. The summed E-state index contributed by atoms with van der Waals surface area (Å²) in [6.45, 7) is 2.17. The van der Waals surface area contributed by atoms with Gasteiger partial charge in [0.2, 0.25) is 0 Å². The van der Waals surface area contributed by atoms with E-state index in [1.165, 1.54) is 12.8 Å². The highest BCUT2D eigenvalue weighted by molar-refractivity contribution is 6.30. The summed E-state index contributed by atoms with van der Waals surface area (Å²) in [5, 5.41) is 4.16. The fraction of sp³-hybridized carbons (Fsp3) is 0.625. The standard InChI is InChI=1S/C16H24ClNO3/c1-19-7-3-4-8-21-16-12(11-18-14-5-6-14)9-13(17)10-15(16)20-2/h9-10,14,18H,3-8,11H2,1-2H3. The lowest BCUT2D eigenvalue weighted by Crippen LogP contribution is -2.16. The predicted octanol–water partition coefficient (Wildman–Crippen LogP) is 3.41. The number of unbranched alkanes of at least 4 members (excludes halogenated alkanes) is 1. The van der Waals surface area contributed by atoms with E-state index >= 15 is 0 Å². The van der Waals surface area contributed by atoms with E-state index in [1.54, 1.807) is 20.3 Å². The van der Waals surface area contributed by atoms with Crippen LogP contribution in [0.25, 0.3) is 0 Å². The van der Waals surface area contributed by atoms with Gasteiger partial charge in [0.15, 0.2) is 11.5 Å². The lowest BCUT2D eigenvalue weighted by atomic mass is 10.1. The molecule has 0 atom stereocenters. The molecule has 1 aromatic carbocycles. The maximum atomic E-state index is 6.15. The van der Waals surface area contributed by atoms with E-state index in [2.05, 4.69) is 5.32 Å². The molecule has 0 heterocycles. The molecule has 1 N–H and O–H groups in total. The van der Waals surface area contributed by atoms with Crippen LogP contribution in [-0.4, -0.2) is 33.5 Å². The third-order valence-corrected chi connectivity index (χ3v) is 3.68. The normalized spacial score (nSPS) is 14.2. The number of rotatable bonds is 10. The largest absolute Gasteiger partial charge is 0.493 e. The van der Waals surface area contributed by atoms with Gasteiger partial charge in [-0.05, 0) is 31.7 Å². The number of hydrogen-bond donors (Lipinski definition) is 1. The van der Waals surface area contributed by atoms with Crippen molar-refractivity contribution in [2.24, 2.45) is 0 Å². The van der Waals surface area contributed by atoms with Crippen LogP contribution in [0.2, 0.25) is 5.02 Å². The highest BCUT2D eigenvalue weighted by Gasteiger charge is 2.21. The third kappa shape index (κ3) is 5.38. The molecule has 21 heavy (non-hydrogen) atoms. The van der Waals surface area contributed by atoms with Crippen LogP contribution in [0.1, 0.15) is 31.2 Å². The fourth-order valence-corrected chi connectivity index (χ4v) is 2.36. The first-order chi connectivity index (χ1) is 10.2. The number of halogens is 1. The average molecular weight is 314 g/mol. The summed E-state index contributed by atoms with van der Waals surface area (Å²) in [4.78, 5) is 0. The van der Waals surface area contributed by atoms with E-state index < -0.39 is 0 Å². The average Bonchev–Trinajstić information content (AvgIpc) is 3.30. The first-order valence-corrected chi connectivity index (χ1v) is 7.84. The van der Waals surface area contributed by atoms with Crippen LogP contribution in [-0.2, 0) is 11.3 Å². The molecule has 4 nitrogen and oxygen atoms in total. The van der Waals surface area contributed by atoms with E-state index in [0.29, 0.717) is 23.4 Å². The topological polar surface area (TPSA) is 39.7 Å². The van der Waals surface area contributed by atoms with Crippen LogP contribution in [0.4, 0.5) is 0 Å². The van der Waals surface area contributed by atoms with Crippen LogP contribution in [0.3, 0.4) is 0 Å². The zero-order valence-corrected chi connectivity index (χ0v) is 13.5. The van der Waals surface area contributed by atoms with Crippen molar-refractivity contribution in [3.8, 4) is 11.5 Å². The molecule has 1 aliphatic rings. The summed E-state index contributed by atoms with van der Waals surface area (Å²) in [6, 6.07) is 4.39. The lowest BCUT2D eigenvalue weighted by Gasteiger charge is -2.16. The molecule has 118 valence electrons. The van der Waals surface area contributed by atoms with E-state index in [0.717, 1.165) is 37.3 Å². The molecular formula is C16H24ClNO3. The van der Waals surface area contributed by atoms with Gasteiger partial charge < -0.3 is 19.5 Å². The van der Waals surface area contributed by atoms with Crippen molar-refractivity contribution in [1.82, 2.24) is 5.32 Å². The Hall–Kier alpha value is -0.970. The highest BCUT2D eigenvalue weighted by atomic mass is 35.5. The Balaban J connectivity index is 1.99. The Morgan fingerprint density at radius 2 is 1.95 bits per heavy atom. The SMILES string of the molecule is COCCCCOc1c(CNC2CC2)cc(Cl)cc1OC. The van der Waals surface area contributed by atoms with Crippen molar-refractivity contribution in [3.05, 3.63) is 22.7 Å². The minimum Gasteiger partial charge on any atom is -0.493 e. The molecule has 2 rings (SSSR count). The van der Waals surface area contributed by atoms with Crippen molar-refractivity contribution in [2.75, 3.05) is 27.4 Å². The minimum absolute atomic E-state index is 0.643. The predicted molar refractivity (Wildman–Crippen MR) is 84.5 cm³/mol. The van der Waals surface area contributed by atoms with E-state index in [-0.39, 0.29) is 0 Å². The molecule has 1 saturated carbocycles. The van der Waals surface area contributed by atoms with Crippen LogP contribution in [0, 0.1) is 0 Å². The van der Waals surface area contributed by atoms with Crippen molar-refractivity contribution in [1.29, 1.82) is 0 Å². The first-order valence-electron chi connectivity index (χ1n) is 7.46. The molecule has 0 radical (unpaired) electrons. The molecule has 0 aromatic heterocycles. The zero-order valence-electron chi connectivity index (χ0n) is 12.8. The van der Waals surface area contributed by atoms with Crippen molar-refractivity contribution in [3.63, 3.8) is 0 Å². The number of benzene rings is 1. The van der Waals surface area contributed by atoms with E-state index in [9.17, 15) is 0 Å². The van der Waals surface area contributed by atoms with Crippen LogP contribution < -0.4 is 14.8 Å². The Labute approximate surface area is 131 Å². The number of hydrogen-bond acceptors (Lipinski definition) is 4. The van der Waals surface area contributed by atoms with Gasteiger partial charge in [0, 0.05) is 43.0 Å². The second kappa shape index (κ2) is 8.47. The van der Waals surface area contributed by atoms with E-state index in [1.807, 2.05) is 6.07 Å². The summed E-state index contributed by atoms with van der Waals surface area (Å²) < 4.78 is 16.4. The third-order valence-electron chi connectivity index (χ3n) is 3.46. The zero-order chi connectivity index (χ0) is 15.1. The van der Waals surface area contributed by atoms with Crippen molar-refractivity contribution >= 4 is 11.6 Å². The highest BCUT2D eigenvalue weighted by Crippen LogP contribution is 2.35. The fourth-order valence-electron chi connectivity index (χ4n) is 2.13. The van der Waals surface area contributed by atoms with Crippen molar-refractivity contribution in [2.45, 2.75) is 38.3 Å². The first kappa shape index (κ1) is 16.4. The molecule has 0 aliphatic heterocycles. The maximum absolute atomic E-state index is 6.15. The summed E-state index contributed by atoms with van der Waals surface area (Å²) >= 11 is 6.15. The minimum atomic E-state index is 0.643. The monoisotopic (exact) mass is 313 g/mol. The van der Waals surface area contributed by atoms with Gasteiger partial charge in [-0.15, -0.1) is 0 Å². The Kier molecular flexibility index (Phi) is 6.61. The van der Waals surface area contributed by atoms with Gasteiger partial charge in [-0.25, -0.2) is 0 Å². The number of ether oxygens (including phenoxy) is 3. The number of methoxy groups -OCH3 is 2. The summed E-state index contributed by atoms with van der Waals surface area (Å²) in [6.07, 6.45) is 4.45. The second-order valence-corrected chi connectivity index (χ2v) is 5.74. The smallest absolute Gasteiger partial charge is 0.165 e. The van der Waals surface area contributed by atoms with Crippen molar-refractivity contribution < 1.29 is 14.2 Å².